The van der Waals surface area contributed by atoms with Crippen LogP contribution in [0.3, 0.4) is 0 Å². The lowest BCUT2D eigenvalue weighted by Crippen LogP contribution is -2.46. The largest absolute Gasteiger partial charge is 0.481 e. The number of nitrogens with zero attached hydrogens (tertiary/aromatic N) is 1. The molecule has 0 aliphatic rings. The SMILES string of the molecule is CCC(CNC(=O)c1cc2nc(C)ccc2o1)(C(=O)O)c1ccccc1. The Bertz CT molecular complexity index is 949. The monoisotopic (exact) mass is 352 g/mol. The predicted octanol–water partition coefficient (Wildman–Crippen LogP) is 3.30. The highest BCUT2D eigenvalue weighted by Crippen LogP contribution is 2.28. The minimum absolute atomic E-state index is 0.0365. The molecule has 134 valence electrons. The number of pyridine rings is 1. The van der Waals surface area contributed by atoms with Gasteiger partial charge < -0.3 is 14.8 Å². The van der Waals surface area contributed by atoms with Gasteiger partial charge in [0.05, 0.1) is 0 Å². The maximum Gasteiger partial charge on any atom is 0.315 e. The third-order valence-electron chi connectivity index (χ3n) is 4.63. The summed E-state index contributed by atoms with van der Waals surface area (Å²) in [7, 11) is 0. The quantitative estimate of drug-likeness (QED) is 0.710. The van der Waals surface area contributed by atoms with Gasteiger partial charge in [-0.1, -0.05) is 37.3 Å². The number of amides is 1. The topological polar surface area (TPSA) is 92.4 Å². The number of aromatic nitrogens is 1. The maximum atomic E-state index is 12.5. The second-order valence-corrected chi connectivity index (χ2v) is 6.24. The summed E-state index contributed by atoms with van der Waals surface area (Å²) in [4.78, 5) is 28.8. The molecule has 0 aliphatic carbocycles. The summed E-state index contributed by atoms with van der Waals surface area (Å²) in [6.07, 6.45) is 0.341. The van der Waals surface area contributed by atoms with E-state index in [4.69, 9.17) is 4.42 Å². The van der Waals surface area contributed by atoms with Crippen molar-refractivity contribution in [2.24, 2.45) is 0 Å². The van der Waals surface area contributed by atoms with Gasteiger partial charge in [-0.05, 0) is 31.0 Å². The molecular formula is C20H20N2O4. The van der Waals surface area contributed by atoms with E-state index < -0.39 is 17.3 Å². The van der Waals surface area contributed by atoms with Crippen molar-refractivity contribution in [3.05, 3.63) is 65.5 Å². The van der Waals surface area contributed by atoms with Crippen molar-refractivity contribution in [1.29, 1.82) is 0 Å². The van der Waals surface area contributed by atoms with Crippen molar-refractivity contribution < 1.29 is 19.1 Å². The van der Waals surface area contributed by atoms with Crippen LogP contribution >= 0.6 is 0 Å². The number of hydrogen-bond acceptors (Lipinski definition) is 4. The molecule has 0 spiro atoms. The summed E-state index contributed by atoms with van der Waals surface area (Å²) in [6, 6.07) is 14.1. The molecule has 2 heterocycles. The van der Waals surface area contributed by atoms with Crippen molar-refractivity contribution in [3.63, 3.8) is 0 Å². The van der Waals surface area contributed by atoms with Crippen LogP contribution in [-0.2, 0) is 10.2 Å². The van der Waals surface area contributed by atoms with Crippen molar-refractivity contribution in [2.45, 2.75) is 25.7 Å². The van der Waals surface area contributed by atoms with E-state index in [1.807, 2.05) is 13.0 Å². The first-order chi connectivity index (χ1) is 12.5. The zero-order valence-electron chi connectivity index (χ0n) is 14.7. The van der Waals surface area contributed by atoms with E-state index >= 15 is 0 Å². The average molecular weight is 352 g/mol. The van der Waals surface area contributed by atoms with Gasteiger partial charge in [-0.2, -0.15) is 0 Å². The highest BCUT2D eigenvalue weighted by molar-refractivity contribution is 5.95. The average Bonchev–Trinajstić information content (AvgIpc) is 3.06. The van der Waals surface area contributed by atoms with Crippen molar-refractivity contribution in [2.75, 3.05) is 6.54 Å². The standard InChI is InChI=1S/C20H20N2O4/c1-3-20(19(24)25,14-7-5-4-6-8-14)12-21-18(23)17-11-15-16(26-17)10-9-13(2)22-15/h4-11H,3,12H2,1-2H3,(H,21,23)(H,24,25). The van der Waals surface area contributed by atoms with E-state index in [0.29, 0.717) is 23.1 Å². The molecule has 1 unspecified atom stereocenters. The highest BCUT2D eigenvalue weighted by Gasteiger charge is 2.39. The van der Waals surface area contributed by atoms with Gasteiger partial charge in [0.25, 0.3) is 5.91 Å². The summed E-state index contributed by atoms with van der Waals surface area (Å²) in [6.45, 7) is 3.61. The molecule has 2 aromatic heterocycles. The number of carbonyl (C=O) groups excluding carboxylic acids is 1. The number of rotatable bonds is 6. The van der Waals surface area contributed by atoms with Gasteiger partial charge in [-0.3, -0.25) is 9.59 Å². The number of hydrogen-bond donors (Lipinski definition) is 2. The number of aryl methyl sites for hydroxylation is 1. The zero-order valence-corrected chi connectivity index (χ0v) is 14.7. The summed E-state index contributed by atoms with van der Waals surface area (Å²) >= 11 is 0. The Hall–Kier alpha value is -3.15. The Kier molecular flexibility index (Phi) is 4.75. The summed E-state index contributed by atoms with van der Waals surface area (Å²) in [5.41, 5.74) is 1.39. The molecule has 0 radical (unpaired) electrons. The van der Waals surface area contributed by atoms with E-state index in [1.54, 1.807) is 49.4 Å². The fourth-order valence-electron chi connectivity index (χ4n) is 2.99. The Labute approximate surface area is 150 Å². The Morgan fingerprint density at radius 3 is 2.58 bits per heavy atom. The molecule has 0 aliphatic heterocycles. The first kappa shape index (κ1) is 17.7. The molecule has 1 amide bonds. The summed E-state index contributed by atoms with van der Waals surface area (Å²) < 4.78 is 5.53. The van der Waals surface area contributed by atoms with Crippen LogP contribution in [0.1, 0.15) is 35.2 Å². The molecular weight excluding hydrogens is 332 g/mol. The van der Waals surface area contributed by atoms with Crippen LogP contribution in [0, 0.1) is 6.92 Å². The molecule has 0 bridgehead atoms. The van der Waals surface area contributed by atoms with Crippen LogP contribution in [0.2, 0.25) is 0 Å². The lowest BCUT2D eigenvalue weighted by molar-refractivity contribution is -0.143. The van der Waals surface area contributed by atoms with E-state index in [0.717, 1.165) is 5.69 Å². The lowest BCUT2D eigenvalue weighted by atomic mass is 9.78. The van der Waals surface area contributed by atoms with Gasteiger partial charge >= 0.3 is 5.97 Å². The Morgan fingerprint density at radius 2 is 1.92 bits per heavy atom. The Balaban J connectivity index is 1.84. The Morgan fingerprint density at radius 1 is 1.19 bits per heavy atom. The summed E-state index contributed by atoms with van der Waals surface area (Å²) in [5.74, 6) is -1.33. The van der Waals surface area contributed by atoms with E-state index in [2.05, 4.69) is 10.3 Å². The van der Waals surface area contributed by atoms with Crippen LogP contribution in [-0.4, -0.2) is 28.5 Å². The fraction of sp³-hybridized carbons (Fsp3) is 0.250. The molecule has 0 fully saturated rings. The highest BCUT2D eigenvalue weighted by atomic mass is 16.4. The van der Waals surface area contributed by atoms with Gasteiger partial charge in [-0.25, -0.2) is 4.98 Å². The molecule has 6 nitrogen and oxygen atoms in total. The molecule has 1 aromatic carbocycles. The second kappa shape index (κ2) is 7.00. The van der Waals surface area contributed by atoms with Crippen molar-refractivity contribution >= 4 is 23.0 Å². The third-order valence-corrected chi connectivity index (χ3v) is 4.63. The van der Waals surface area contributed by atoms with E-state index in [1.165, 1.54) is 0 Å². The minimum atomic E-state index is -1.20. The van der Waals surface area contributed by atoms with Gasteiger partial charge in [0.15, 0.2) is 11.3 Å². The number of carboxylic acids is 1. The first-order valence-electron chi connectivity index (χ1n) is 8.40. The molecule has 3 aromatic rings. The normalized spacial score (nSPS) is 13.3. The fourth-order valence-corrected chi connectivity index (χ4v) is 2.99. The molecule has 0 saturated heterocycles. The molecule has 0 saturated carbocycles. The second-order valence-electron chi connectivity index (χ2n) is 6.24. The number of nitrogens with one attached hydrogen (secondary N) is 1. The molecule has 6 heteroatoms. The van der Waals surface area contributed by atoms with Crippen LogP contribution in [0.4, 0.5) is 0 Å². The lowest BCUT2D eigenvalue weighted by Gasteiger charge is -2.28. The third kappa shape index (κ3) is 3.18. The molecule has 1 atom stereocenters. The zero-order chi connectivity index (χ0) is 18.7. The van der Waals surface area contributed by atoms with Gasteiger partial charge in [0.2, 0.25) is 0 Å². The van der Waals surface area contributed by atoms with Crippen molar-refractivity contribution in [1.82, 2.24) is 10.3 Å². The number of aliphatic carboxylic acids is 1. The first-order valence-corrected chi connectivity index (χ1v) is 8.40. The minimum Gasteiger partial charge on any atom is -0.481 e. The van der Waals surface area contributed by atoms with Gasteiger partial charge in [0.1, 0.15) is 10.9 Å². The number of carbonyl (C=O) groups is 2. The molecule has 2 N–H and O–H groups in total. The molecule has 3 rings (SSSR count). The number of furan rings is 1. The van der Waals surface area contributed by atoms with Crippen molar-refractivity contribution in [3.8, 4) is 0 Å². The van der Waals surface area contributed by atoms with Crippen LogP contribution in [0.25, 0.3) is 11.1 Å². The number of carboxylic acid groups (broad SMARTS) is 1. The predicted molar refractivity (Wildman–Crippen MR) is 97.1 cm³/mol. The maximum absolute atomic E-state index is 12.5. The number of benzene rings is 1. The van der Waals surface area contributed by atoms with Crippen LogP contribution in [0.15, 0.2) is 52.9 Å². The van der Waals surface area contributed by atoms with E-state index in [-0.39, 0.29) is 12.3 Å². The van der Waals surface area contributed by atoms with Crippen LogP contribution < -0.4 is 5.32 Å². The number of fused-ring (bicyclic) bond motifs is 1. The van der Waals surface area contributed by atoms with E-state index in [9.17, 15) is 14.7 Å². The summed E-state index contributed by atoms with van der Waals surface area (Å²) in [5, 5.41) is 12.5. The molecule has 26 heavy (non-hydrogen) atoms. The van der Waals surface area contributed by atoms with Crippen LogP contribution in [0.5, 0.6) is 0 Å². The smallest absolute Gasteiger partial charge is 0.315 e. The van der Waals surface area contributed by atoms with Gasteiger partial charge in [-0.15, -0.1) is 0 Å². The van der Waals surface area contributed by atoms with Gasteiger partial charge in [0, 0.05) is 18.3 Å².